The molecule has 0 saturated carbocycles. The summed E-state index contributed by atoms with van der Waals surface area (Å²) in [7, 11) is 0. The summed E-state index contributed by atoms with van der Waals surface area (Å²) in [5.41, 5.74) is 11.0. The van der Waals surface area contributed by atoms with E-state index in [0.717, 1.165) is 0 Å². The van der Waals surface area contributed by atoms with Crippen molar-refractivity contribution in [2.75, 3.05) is 32.7 Å². The smallest absolute Gasteiger partial charge is 0.326 e. The maximum atomic E-state index is 14.0. The summed E-state index contributed by atoms with van der Waals surface area (Å²) in [6, 6.07) is -6.55. The number of carbonyl (C=O) groups excluding carboxylic acids is 7. The highest BCUT2D eigenvalue weighted by Gasteiger charge is 2.41. The van der Waals surface area contributed by atoms with E-state index >= 15 is 0 Å². The Balaban J connectivity index is 2.11. The van der Waals surface area contributed by atoms with E-state index < -0.39 is 90.3 Å². The van der Waals surface area contributed by atoms with Gasteiger partial charge in [0.1, 0.15) is 36.3 Å². The van der Waals surface area contributed by atoms with Crippen LogP contribution < -0.4 is 38.1 Å². The van der Waals surface area contributed by atoms with Crippen molar-refractivity contribution < 1.29 is 48.6 Å². The molecule has 0 bridgehead atoms. The van der Waals surface area contributed by atoms with E-state index in [9.17, 15) is 48.6 Å². The van der Waals surface area contributed by atoms with Gasteiger partial charge in [-0.1, -0.05) is 34.1 Å². The first-order valence-electron chi connectivity index (χ1n) is 19.4. The number of nitrogens with one attached hydrogen (secondary N) is 5. The molecule has 0 aliphatic carbocycles. The van der Waals surface area contributed by atoms with Gasteiger partial charge in [0, 0.05) is 13.1 Å². The maximum absolute atomic E-state index is 14.0. The van der Waals surface area contributed by atoms with Gasteiger partial charge in [0.2, 0.25) is 41.4 Å². The molecule has 0 aromatic rings. The van der Waals surface area contributed by atoms with Crippen LogP contribution in [0.3, 0.4) is 0 Å². The molecule has 11 N–H and O–H groups in total. The fourth-order valence-corrected chi connectivity index (χ4v) is 6.79. The number of aliphatic hydroxyl groups is 1. The number of amides is 7. The molecule has 312 valence electrons. The van der Waals surface area contributed by atoms with Crippen molar-refractivity contribution in [3.8, 4) is 0 Å². The molecule has 2 aliphatic heterocycles. The zero-order chi connectivity index (χ0) is 41.4. The predicted molar refractivity (Wildman–Crippen MR) is 200 cm³/mol. The molecule has 0 spiro atoms. The third kappa shape index (κ3) is 14.0. The lowest BCUT2D eigenvalue weighted by Gasteiger charge is -2.32. The van der Waals surface area contributed by atoms with E-state index in [-0.39, 0.29) is 50.1 Å². The zero-order valence-electron chi connectivity index (χ0n) is 32.8. The fourth-order valence-electron chi connectivity index (χ4n) is 6.79. The monoisotopic (exact) mass is 781 g/mol. The zero-order valence-corrected chi connectivity index (χ0v) is 32.8. The number of aliphatic hydroxyl groups excluding tert-OH is 1. The molecule has 55 heavy (non-hydrogen) atoms. The lowest BCUT2D eigenvalue weighted by Crippen LogP contribution is -2.60. The van der Waals surface area contributed by atoms with Crippen molar-refractivity contribution in [1.29, 1.82) is 0 Å². The SMILES string of the molecule is CC[C@H](C)[C@H](NC(=O)[C@@H]1CCCN1C(=O)CN)C(=O)N[C@@H](CC(C)C)C(=O)N1CCC[C@H]1C(=O)NCC(=O)N[C@H](C(=O)N[C@@H](CCCCN)C(=O)O)[C@@H](C)O. The van der Waals surface area contributed by atoms with Gasteiger partial charge in [-0.2, -0.15) is 0 Å². The first kappa shape index (κ1) is 46.8. The minimum atomic E-state index is -1.51. The Kier molecular flexibility index (Phi) is 19.5. The van der Waals surface area contributed by atoms with Gasteiger partial charge in [0.15, 0.2) is 0 Å². The second kappa shape index (κ2) is 22.9. The van der Waals surface area contributed by atoms with Crippen molar-refractivity contribution in [3.05, 3.63) is 0 Å². The minimum Gasteiger partial charge on any atom is -0.480 e. The standard InChI is InChI=1S/C36H63N9O10/c1-6-21(4)29(43-32(50)26-13-9-15-44(26)28(48)18-38)33(51)41-24(17-20(2)3)35(53)45-16-10-12-25(45)31(49)39-19-27(47)42-30(22(5)46)34(52)40-23(36(54)55)11-7-8-14-37/h20-26,29-30,46H,6-19,37-38H2,1-5H3,(H,39,49)(H,40,52)(H,41,51)(H,42,47)(H,43,50)(H,54,55)/t21-,22+,23-,24-,25-,26-,29-,30-/m0/s1. The van der Waals surface area contributed by atoms with E-state index in [1.165, 1.54) is 16.7 Å². The van der Waals surface area contributed by atoms with Crippen molar-refractivity contribution in [2.24, 2.45) is 23.3 Å². The van der Waals surface area contributed by atoms with E-state index in [1.54, 1.807) is 6.92 Å². The van der Waals surface area contributed by atoms with Crippen LogP contribution in [-0.4, -0.2) is 142 Å². The van der Waals surface area contributed by atoms with Gasteiger partial charge in [-0.25, -0.2) is 4.79 Å². The molecule has 2 rings (SSSR count). The highest BCUT2D eigenvalue weighted by atomic mass is 16.4. The molecule has 19 nitrogen and oxygen atoms in total. The van der Waals surface area contributed by atoms with E-state index in [1.807, 2.05) is 20.8 Å². The summed E-state index contributed by atoms with van der Waals surface area (Å²) in [4.78, 5) is 107. The van der Waals surface area contributed by atoms with Crippen LogP contribution in [0.15, 0.2) is 0 Å². The number of nitrogens with zero attached hydrogens (tertiary/aromatic N) is 2. The van der Waals surface area contributed by atoms with Crippen LogP contribution in [0, 0.1) is 11.8 Å². The lowest BCUT2D eigenvalue weighted by atomic mass is 9.96. The van der Waals surface area contributed by atoms with Crippen molar-refractivity contribution in [3.63, 3.8) is 0 Å². The number of aliphatic carboxylic acids is 1. The molecule has 19 heteroatoms. The summed E-state index contributed by atoms with van der Waals surface area (Å²) < 4.78 is 0. The van der Waals surface area contributed by atoms with Crippen LogP contribution in [-0.2, 0) is 38.4 Å². The van der Waals surface area contributed by atoms with E-state index in [0.29, 0.717) is 51.6 Å². The average Bonchev–Trinajstić information content (AvgIpc) is 3.84. The number of likely N-dealkylation sites (tertiary alicyclic amines) is 2. The molecule has 2 aliphatic rings. The molecule has 2 fully saturated rings. The fraction of sp³-hybridized carbons (Fsp3) is 0.778. The Morgan fingerprint density at radius 3 is 1.89 bits per heavy atom. The summed E-state index contributed by atoms with van der Waals surface area (Å²) in [6.45, 7) is 8.76. The normalized spacial score (nSPS) is 20.1. The molecular formula is C36H63N9O10. The molecule has 0 aromatic carbocycles. The van der Waals surface area contributed by atoms with Gasteiger partial charge in [-0.3, -0.25) is 33.6 Å². The first-order chi connectivity index (χ1) is 26.0. The highest BCUT2D eigenvalue weighted by molar-refractivity contribution is 5.97. The topological polar surface area (TPSA) is 296 Å². The Labute approximate surface area is 322 Å². The maximum Gasteiger partial charge on any atom is 0.326 e. The van der Waals surface area contributed by atoms with Crippen molar-refractivity contribution >= 4 is 47.3 Å². The number of carboxylic acid groups (broad SMARTS) is 1. The van der Waals surface area contributed by atoms with Gasteiger partial charge in [-0.15, -0.1) is 0 Å². The molecule has 8 atom stereocenters. The largest absolute Gasteiger partial charge is 0.480 e. The van der Waals surface area contributed by atoms with Crippen LogP contribution in [0.2, 0.25) is 0 Å². The number of hydrogen-bond acceptors (Lipinski definition) is 11. The van der Waals surface area contributed by atoms with Crippen LogP contribution in [0.25, 0.3) is 0 Å². The molecule has 0 aromatic heterocycles. The summed E-state index contributed by atoms with van der Waals surface area (Å²) in [5, 5.41) is 32.4. The number of nitrogens with two attached hydrogens (primary N) is 2. The second-order valence-electron chi connectivity index (χ2n) is 14.9. The molecule has 0 radical (unpaired) electrons. The Morgan fingerprint density at radius 1 is 0.764 bits per heavy atom. The molecule has 2 saturated heterocycles. The first-order valence-corrected chi connectivity index (χ1v) is 19.4. The summed E-state index contributed by atoms with van der Waals surface area (Å²) in [5.74, 6) is -5.96. The van der Waals surface area contributed by atoms with Crippen LogP contribution in [0.4, 0.5) is 0 Å². The van der Waals surface area contributed by atoms with Gasteiger partial charge in [0.25, 0.3) is 0 Å². The summed E-state index contributed by atoms with van der Waals surface area (Å²) >= 11 is 0. The number of rotatable bonds is 22. The summed E-state index contributed by atoms with van der Waals surface area (Å²) in [6.07, 6.45) is 2.25. The van der Waals surface area contributed by atoms with Gasteiger partial charge < -0.3 is 58.1 Å². The van der Waals surface area contributed by atoms with Gasteiger partial charge in [-0.05, 0) is 76.7 Å². The number of carboxylic acids is 1. The van der Waals surface area contributed by atoms with Crippen LogP contribution in [0.5, 0.6) is 0 Å². The number of hydrogen-bond donors (Lipinski definition) is 9. The molecular weight excluding hydrogens is 718 g/mol. The molecule has 0 unspecified atom stereocenters. The predicted octanol–water partition coefficient (Wildman–Crippen LogP) is -2.33. The Bertz CT molecular complexity index is 1360. The highest BCUT2D eigenvalue weighted by Crippen LogP contribution is 2.22. The minimum absolute atomic E-state index is 0.0467. The van der Waals surface area contributed by atoms with Gasteiger partial charge in [0.05, 0.1) is 19.2 Å². The number of carbonyl (C=O) groups is 8. The number of unbranched alkanes of at least 4 members (excludes halogenated alkanes) is 1. The molecule has 2 heterocycles. The Hall–Kier alpha value is -4.36. The van der Waals surface area contributed by atoms with Crippen LogP contribution in [0.1, 0.15) is 92.4 Å². The average molecular weight is 782 g/mol. The van der Waals surface area contributed by atoms with Crippen LogP contribution >= 0.6 is 0 Å². The quantitative estimate of drug-likeness (QED) is 0.0523. The second-order valence-corrected chi connectivity index (χ2v) is 14.9. The Morgan fingerprint density at radius 2 is 1.35 bits per heavy atom. The van der Waals surface area contributed by atoms with Crippen molar-refractivity contribution in [2.45, 2.75) is 135 Å². The van der Waals surface area contributed by atoms with Gasteiger partial charge >= 0.3 is 5.97 Å². The van der Waals surface area contributed by atoms with Crippen molar-refractivity contribution in [1.82, 2.24) is 36.4 Å². The third-order valence-electron chi connectivity index (χ3n) is 10.1. The van der Waals surface area contributed by atoms with E-state index in [4.69, 9.17) is 11.5 Å². The lowest BCUT2D eigenvalue weighted by molar-refractivity contribution is -0.143. The third-order valence-corrected chi connectivity index (χ3v) is 10.1. The van der Waals surface area contributed by atoms with E-state index in [2.05, 4.69) is 26.6 Å². The molecule has 7 amide bonds.